The molecule has 0 heterocycles. The third kappa shape index (κ3) is 5.55. The molecule has 7 heteroatoms. The average Bonchev–Trinajstić information content (AvgIpc) is 2.69. The molecule has 1 atom stereocenters. The predicted molar refractivity (Wildman–Crippen MR) is 103 cm³/mol. The summed E-state index contributed by atoms with van der Waals surface area (Å²) in [5, 5.41) is 2.93. The highest BCUT2D eigenvalue weighted by Gasteiger charge is 2.21. The Balaban J connectivity index is 1.39. The van der Waals surface area contributed by atoms with Gasteiger partial charge < -0.3 is 10.1 Å². The van der Waals surface area contributed by atoms with E-state index in [1.54, 1.807) is 0 Å². The fourth-order valence-corrected chi connectivity index (χ4v) is 4.03. The van der Waals surface area contributed by atoms with Gasteiger partial charge in [0.15, 0.2) is 18.2 Å². The van der Waals surface area contributed by atoms with E-state index in [4.69, 9.17) is 4.74 Å². The first-order valence-corrected chi connectivity index (χ1v) is 10.1. The molecule has 0 bridgehead atoms. The van der Waals surface area contributed by atoms with Gasteiger partial charge in [-0.2, -0.15) is 0 Å². The number of ether oxygens (including phenoxy) is 1. The Morgan fingerprint density at radius 1 is 1.14 bits per heavy atom. The van der Waals surface area contributed by atoms with Gasteiger partial charge in [0.05, 0.1) is 12.5 Å². The molecule has 28 heavy (non-hydrogen) atoms. The van der Waals surface area contributed by atoms with Crippen LogP contribution in [-0.2, 0) is 20.7 Å². The van der Waals surface area contributed by atoms with Crippen molar-refractivity contribution in [1.29, 1.82) is 0 Å². The number of halogens is 2. The van der Waals surface area contributed by atoms with Gasteiger partial charge in [0.25, 0.3) is 5.91 Å². The van der Waals surface area contributed by atoms with E-state index in [1.807, 2.05) is 18.2 Å². The van der Waals surface area contributed by atoms with E-state index in [1.165, 1.54) is 23.4 Å². The number of carbonyl (C=O) groups excluding carboxylic acids is 2. The van der Waals surface area contributed by atoms with Crippen LogP contribution in [0.5, 0.6) is 0 Å². The fourth-order valence-electron chi connectivity index (χ4n) is 3.18. The van der Waals surface area contributed by atoms with E-state index in [2.05, 4.69) is 11.4 Å². The molecular formula is C21H21F2NO3S. The van der Waals surface area contributed by atoms with Gasteiger partial charge in [-0.05, 0) is 48.6 Å². The molecule has 0 saturated carbocycles. The SMILES string of the molecule is O=C(COC(=O)CCSc1ccc(F)c(F)c1)N[C@H]1CCCc2ccccc21. The molecule has 0 saturated heterocycles. The molecular weight excluding hydrogens is 384 g/mol. The van der Waals surface area contributed by atoms with Gasteiger partial charge in [-0.1, -0.05) is 24.3 Å². The number of benzene rings is 2. The molecule has 2 aromatic carbocycles. The van der Waals surface area contributed by atoms with Gasteiger partial charge >= 0.3 is 5.97 Å². The molecule has 0 spiro atoms. The van der Waals surface area contributed by atoms with Crippen molar-refractivity contribution in [3.05, 3.63) is 65.2 Å². The van der Waals surface area contributed by atoms with E-state index in [-0.39, 0.29) is 25.0 Å². The number of hydrogen-bond acceptors (Lipinski definition) is 4. The normalized spacial score (nSPS) is 15.6. The number of nitrogens with one attached hydrogen (secondary N) is 1. The topological polar surface area (TPSA) is 55.4 Å². The summed E-state index contributed by atoms with van der Waals surface area (Å²) >= 11 is 1.22. The molecule has 1 aliphatic carbocycles. The van der Waals surface area contributed by atoms with E-state index >= 15 is 0 Å². The number of esters is 1. The minimum absolute atomic E-state index is 0.0555. The van der Waals surface area contributed by atoms with Gasteiger partial charge in [0.2, 0.25) is 0 Å². The molecule has 3 rings (SSSR count). The van der Waals surface area contributed by atoms with Gasteiger partial charge in [-0.3, -0.25) is 9.59 Å². The smallest absolute Gasteiger partial charge is 0.307 e. The third-order valence-corrected chi connectivity index (χ3v) is 5.53. The van der Waals surface area contributed by atoms with Crippen LogP contribution in [-0.4, -0.2) is 24.2 Å². The standard InChI is InChI=1S/C21H21F2NO3S/c22-17-9-8-15(12-18(17)23)28-11-10-21(26)27-13-20(25)24-19-7-3-5-14-4-1-2-6-16(14)19/h1-2,4,6,8-9,12,19H,3,5,7,10-11,13H2,(H,24,25)/t19-/m0/s1. The largest absolute Gasteiger partial charge is 0.456 e. The average molecular weight is 405 g/mol. The molecule has 0 aromatic heterocycles. The molecule has 2 aromatic rings. The molecule has 0 radical (unpaired) electrons. The van der Waals surface area contributed by atoms with Crippen molar-refractivity contribution in [1.82, 2.24) is 5.32 Å². The Morgan fingerprint density at radius 2 is 1.96 bits per heavy atom. The van der Waals surface area contributed by atoms with E-state index in [0.29, 0.717) is 10.6 Å². The van der Waals surface area contributed by atoms with Crippen LogP contribution in [0.3, 0.4) is 0 Å². The first-order chi connectivity index (χ1) is 13.5. The van der Waals surface area contributed by atoms with Gasteiger partial charge in [0, 0.05) is 10.6 Å². The highest BCUT2D eigenvalue weighted by Crippen LogP contribution is 2.29. The summed E-state index contributed by atoms with van der Waals surface area (Å²) in [6, 6.07) is 11.5. The molecule has 4 nitrogen and oxygen atoms in total. The molecule has 0 aliphatic heterocycles. The zero-order valence-corrected chi connectivity index (χ0v) is 16.1. The summed E-state index contributed by atoms with van der Waals surface area (Å²) in [6.07, 6.45) is 2.95. The minimum Gasteiger partial charge on any atom is -0.456 e. The first-order valence-electron chi connectivity index (χ1n) is 9.13. The van der Waals surface area contributed by atoms with Crippen LogP contribution >= 0.6 is 11.8 Å². The Labute approximate surface area is 166 Å². The second-order valence-electron chi connectivity index (χ2n) is 6.55. The number of thioether (sulfide) groups is 1. The minimum atomic E-state index is -0.923. The summed E-state index contributed by atoms with van der Waals surface area (Å²) in [5.41, 5.74) is 2.36. The number of aryl methyl sites for hydroxylation is 1. The summed E-state index contributed by atoms with van der Waals surface area (Å²) in [5.74, 6) is -2.32. The second kappa shape index (κ2) is 9.68. The Kier molecular flexibility index (Phi) is 7.03. The van der Waals surface area contributed by atoms with Crippen molar-refractivity contribution in [2.75, 3.05) is 12.4 Å². The monoisotopic (exact) mass is 405 g/mol. The first kappa shape index (κ1) is 20.3. The Hall–Kier alpha value is -2.41. The van der Waals surface area contributed by atoms with E-state index in [0.717, 1.165) is 37.0 Å². The molecule has 148 valence electrons. The van der Waals surface area contributed by atoms with Crippen molar-refractivity contribution in [3.63, 3.8) is 0 Å². The Morgan fingerprint density at radius 3 is 2.79 bits per heavy atom. The van der Waals surface area contributed by atoms with Crippen molar-refractivity contribution in [3.8, 4) is 0 Å². The zero-order chi connectivity index (χ0) is 19.9. The van der Waals surface area contributed by atoms with Crippen molar-refractivity contribution >= 4 is 23.6 Å². The maximum atomic E-state index is 13.1. The van der Waals surface area contributed by atoms with Crippen molar-refractivity contribution in [2.45, 2.75) is 36.6 Å². The Bertz CT molecular complexity index is 859. The van der Waals surface area contributed by atoms with Gasteiger partial charge in [-0.25, -0.2) is 8.78 Å². The lowest BCUT2D eigenvalue weighted by molar-refractivity contribution is -0.148. The maximum absolute atomic E-state index is 13.1. The van der Waals surface area contributed by atoms with Gasteiger partial charge in [0.1, 0.15) is 0 Å². The number of rotatable bonds is 7. The number of amides is 1. The number of fused-ring (bicyclic) bond motifs is 1. The summed E-state index contributed by atoms with van der Waals surface area (Å²) in [4.78, 5) is 24.4. The maximum Gasteiger partial charge on any atom is 0.307 e. The predicted octanol–water partition coefficient (Wildman–Crippen LogP) is 4.18. The lowest BCUT2D eigenvalue weighted by atomic mass is 9.88. The zero-order valence-electron chi connectivity index (χ0n) is 15.3. The molecule has 1 aliphatic rings. The molecule has 0 fully saturated rings. The van der Waals surface area contributed by atoms with Crippen molar-refractivity contribution in [2.24, 2.45) is 0 Å². The van der Waals surface area contributed by atoms with Crippen LogP contribution in [0.25, 0.3) is 0 Å². The third-order valence-electron chi connectivity index (χ3n) is 4.53. The van der Waals surface area contributed by atoms with E-state index < -0.39 is 17.6 Å². The molecule has 1 amide bonds. The van der Waals surface area contributed by atoms with Crippen LogP contribution in [0, 0.1) is 11.6 Å². The molecule has 0 unspecified atom stereocenters. The highest BCUT2D eigenvalue weighted by atomic mass is 32.2. The van der Waals surface area contributed by atoms with Crippen LogP contribution in [0.2, 0.25) is 0 Å². The van der Waals surface area contributed by atoms with Crippen molar-refractivity contribution < 1.29 is 23.1 Å². The fraction of sp³-hybridized carbons (Fsp3) is 0.333. The summed E-state index contributed by atoms with van der Waals surface area (Å²) in [6.45, 7) is -0.326. The van der Waals surface area contributed by atoms with E-state index in [9.17, 15) is 18.4 Å². The lowest BCUT2D eigenvalue weighted by Gasteiger charge is -2.26. The second-order valence-corrected chi connectivity index (χ2v) is 7.71. The number of carbonyl (C=O) groups is 2. The lowest BCUT2D eigenvalue weighted by Crippen LogP contribution is -2.34. The number of hydrogen-bond donors (Lipinski definition) is 1. The molecule has 1 N–H and O–H groups in total. The summed E-state index contributed by atoms with van der Waals surface area (Å²) in [7, 11) is 0. The quantitative estimate of drug-likeness (QED) is 0.555. The van der Waals surface area contributed by atoms with Crippen LogP contribution in [0.15, 0.2) is 47.4 Å². The highest BCUT2D eigenvalue weighted by molar-refractivity contribution is 7.99. The van der Waals surface area contributed by atoms with Crippen LogP contribution < -0.4 is 5.32 Å². The summed E-state index contributed by atoms with van der Waals surface area (Å²) < 4.78 is 31.0. The van der Waals surface area contributed by atoms with Crippen LogP contribution in [0.1, 0.15) is 36.4 Å². The van der Waals surface area contributed by atoms with Gasteiger partial charge in [-0.15, -0.1) is 11.8 Å². The van der Waals surface area contributed by atoms with Crippen LogP contribution in [0.4, 0.5) is 8.78 Å².